The van der Waals surface area contributed by atoms with Gasteiger partial charge in [-0.25, -0.2) is 0 Å². The largest absolute Gasteiger partial charge is 0.378 e. The van der Waals surface area contributed by atoms with E-state index in [2.05, 4.69) is 29.2 Å². The average molecular weight is 292 g/mol. The van der Waals surface area contributed by atoms with E-state index in [9.17, 15) is 4.79 Å². The number of rotatable bonds is 6. The van der Waals surface area contributed by atoms with E-state index in [-0.39, 0.29) is 18.1 Å². The Balaban J connectivity index is 2.62. The van der Waals surface area contributed by atoms with Crippen molar-refractivity contribution in [2.45, 2.75) is 39.8 Å². The fourth-order valence-corrected chi connectivity index (χ4v) is 1.87. The highest BCUT2D eigenvalue weighted by molar-refractivity contribution is 5.77. The van der Waals surface area contributed by atoms with Gasteiger partial charge in [0, 0.05) is 32.9 Å². The van der Waals surface area contributed by atoms with Crippen LogP contribution in [0, 0.1) is 0 Å². The van der Waals surface area contributed by atoms with Gasteiger partial charge in [-0.05, 0) is 45.4 Å². The quantitative estimate of drug-likeness (QED) is 0.808. The summed E-state index contributed by atoms with van der Waals surface area (Å²) in [4.78, 5) is 16.1. The fraction of sp³-hybridized carbons (Fsp3) is 0.588. The van der Waals surface area contributed by atoms with Crippen LogP contribution in [-0.4, -0.2) is 43.7 Å². The molecule has 0 saturated carbocycles. The highest BCUT2D eigenvalue weighted by Crippen LogP contribution is 2.14. The summed E-state index contributed by atoms with van der Waals surface area (Å²) in [5, 5.41) is 0. The van der Waals surface area contributed by atoms with Crippen molar-refractivity contribution in [2.24, 2.45) is 0 Å². The molecule has 0 saturated heterocycles. The number of likely N-dealkylation sites (N-methyl/N-ethyl adjacent to an activating group) is 1. The molecule has 0 bridgehead atoms. The number of benzene rings is 1. The fourth-order valence-electron chi connectivity index (χ4n) is 1.87. The van der Waals surface area contributed by atoms with Gasteiger partial charge in [0.25, 0.3) is 0 Å². The van der Waals surface area contributed by atoms with E-state index in [1.54, 1.807) is 0 Å². The van der Waals surface area contributed by atoms with Gasteiger partial charge >= 0.3 is 0 Å². The van der Waals surface area contributed by atoms with Crippen LogP contribution in [0.2, 0.25) is 0 Å². The molecule has 1 aromatic carbocycles. The van der Waals surface area contributed by atoms with E-state index < -0.39 is 0 Å². The molecule has 0 fully saturated rings. The molecule has 4 heteroatoms. The van der Waals surface area contributed by atoms with Gasteiger partial charge in [-0.3, -0.25) is 4.79 Å². The van der Waals surface area contributed by atoms with E-state index in [0.717, 1.165) is 11.3 Å². The Labute approximate surface area is 128 Å². The van der Waals surface area contributed by atoms with Gasteiger partial charge in [0.2, 0.25) is 5.91 Å². The highest BCUT2D eigenvalue weighted by Gasteiger charge is 2.17. The zero-order valence-corrected chi connectivity index (χ0v) is 14.1. The molecular weight excluding hydrogens is 264 g/mol. The van der Waals surface area contributed by atoms with Crippen LogP contribution in [0.15, 0.2) is 24.3 Å². The Morgan fingerprint density at radius 2 is 1.71 bits per heavy atom. The molecule has 118 valence electrons. The topological polar surface area (TPSA) is 32.8 Å². The van der Waals surface area contributed by atoms with Crippen molar-refractivity contribution in [2.75, 3.05) is 32.1 Å². The van der Waals surface area contributed by atoms with Gasteiger partial charge in [0.15, 0.2) is 0 Å². The predicted molar refractivity (Wildman–Crippen MR) is 87.6 cm³/mol. The lowest BCUT2D eigenvalue weighted by Gasteiger charge is -2.25. The van der Waals surface area contributed by atoms with E-state index >= 15 is 0 Å². The molecule has 1 rings (SSSR count). The van der Waals surface area contributed by atoms with Crippen LogP contribution in [0.1, 0.15) is 33.3 Å². The Kier molecular flexibility index (Phi) is 6.21. The summed E-state index contributed by atoms with van der Waals surface area (Å²) in [5.41, 5.74) is 2.00. The lowest BCUT2D eigenvalue weighted by Crippen LogP contribution is -2.36. The van der Waals surface area contributed by atoms with Crippen LogP contribution in [0.25, 0.3) is 0 Å². The van der Waals surface area contributed by atoms with Crippen molar-refractivity contribution in [3.8, 4) is 0 Å². The zero-order chi connectivity index (χ0) is 16.0. The van der Waals surface area contributed by atoms with Gasteiger partial charge in [-0.15, -0.1) is 0 Å². The maximum Gasteiger partial charge on any atom is 0.248 e. The second-order valence-corrected chi connectivity index (χ2v) is 6.37. The molecule has 0 spiro atoms. The molecule has 0 aromatic heterocycles. The summed E-state index contributed by atoms with van der Waals surface area (Å²) in [7, 11) is 4.03. The Bertz CT molecular complexity index is 447. The van der Waals surface area contributed by atoms with Crippen LogP contribution < -0.4 is 4.90 Å². The molecule has 0 N–H and O–H groups in total. The van der Waals surface area contributed by atoms with E-state index in [1.165, 1.54) is 0 Å². The smallest absolute Gasteiger partial charge is 0.248 e. The summed E-state index contributed by atoms with van der Waals surface area (Å²) >= 11 is 0. The number of carbonyl (C=O) groups is 1. The number of hydrogen-bond acceptors (Lipinski definition) is 3. The van der Waals surface area contributed by atoms with Gasteiger partial charge in [-0.2, -0.15) is 0 Å². The van der Waals surface area contributed by atoms with Gasteiger partial charge in [0.1, 0.15) is 6.61 Å². The Morgan fingerprint density at radius 1 is 1.14 bits per heavy atom. The van der Waals surface area contributed by atoms with Crippen molar-refractivity contribution in [3.63, 3.8) is 0 Å². The van der Waals surface area contributed by atoms with E-state index in [0.29, 0.717) is 13.1 Å². The summed E-state index contributed by atoms with van der Waals surface area (Å²) in [5.74, 6) is 0.0316. The van der Waals surface area contributed by atoms with Crippen molar-refractivity contribution in [3.05, 3.63) is 29.8 Å². The SMILES string of the molecule is CCN(Cc1ccc(N(C)C)cc1)C(=O)COC(C)(C)C. The molecule has 0 radical (unpaired) electrons. The second kappa shape index (κ2) is 7.46. The van der Waals surface area contributed by atoms with Gasteiger partial charge < -0.3 is 14.5 Å². The lowest BCUT2D eigenvalue weighted by atomic mass is 10.2. The second-order valence-electron chi connectivity index (χ2n) is 6.37. The number of amides is 1. The molecule has 0 aliphatic rings. The predicted octanol–water partition coefficient (Wildman–Crippen LogP) is 2.92. The minimum atomic E-state index is -0.289. The van der Waals surface area contributed by atoms with E-state index in [4.69, 9.17) is 4.74 Å². The summed E-state index contributed by atoms with van der Waals surface area (Å²) in [6.45, 7) is 9.29. The van der Waals surface area contributed by atoms with Crippen molar-refractivity contribution < 1.29 is 9.53 Å². The summed E-state index contributed by atoms with van der Waals surface area (Å²) in [6, 6.07) is 8.27. The van der Waals surface area contributed by atoms with Crippen LogP contribution in [-0.2, 0) is 16.1 Å². The highest BCUT2D eigenvalue weighted by atomic mass is 16.5. The third-order valence-corrected chi connectivity index (χ3v) is 3.19. The Hall–Kier alpha value is -1.55. The normalized spacial score (nSPS) is 11.3. The first-order valence-corrected chi connectivity index (χ1v) is 7.41. The molecular formula is C17H28N2O2. The maximum atomic E-state index is 12.2. The minimum Gasteiger partial charge on any atom is -0.378 e. The summed E-state index contributed by atoms with van der Waals surface area (Å²) < 4.78 is 5.56. The van der Waals surface area contributed by atoms with Crippen molar-refractivity contribution in [1.82, 2.24) is 4.90 Å². The molecule has 1 aromatic rings. The van der Waals surface area contributed by atoms with Crippen molar-refractivity contribution in [1.29, 1.82) is 0 Å². The first-order valence-electron chi connectivity index (χ1n) is 7.41. The number of ether oxygens (including phenoxy) is 1. The van der Waals surface area contributed by atoms with E-state index in [1.807, 2.05) is 46.7 Å². The standard InChI is InChI=1S/C17H28N2O2/c1-7-19(16(20)13-21-17(2,3)4)12-14-8-10-15(11-9-14)18(5)6/h8-11H,7,12-13H2,1-6H3. The van der Waals surface area contributed by atoms with Crippen LogP contribution in [0.5, 0.6) is 0 Å². The molecule has 1 amide bonds. The molecule has 0 aliphatic carbocycles. The molecule has 0 aliphatic heterocycles. The molecule has 0 atom stereocenters. The van der Waals surface area contributed by atoms with Crippen molar-refractivity contribution >= 4 is 11.6 Å². The first kappa shape index (κ1) is 17.5. The molecule has 0 unspecified atom stereocenters. The zero-order valence-electron chi connectivity index (χ0n) is 14.1. The van der Waals surface area contributed by atoms with Crippen LogP contribution in [0.4, 0.5) is 5.69 Å². The van der Waals surface area contributed by atoms with Gasteiger partial charge in [-0.1, -0.05) is 12.1 Å². The number of anilines is 1. The number of hydrogen-bond donors (Lipinski definition) is 0. The summed E-state index contributed by atoms with van der Waals surface area (Å²) in [6.07, 6.45) is 0. The number of nitrogens with zero attached hydrogens (tertiary/aromatic N) is 2. The molecule has 21 heavy (non-hydrogen) atoms. The Morgan fingerprint density at radius 3 is 2.14 bits per heavy atom. The monoisotopic (exact) mass is 292 g/mol. The first-order chi connectivity index (χ1) is 9.73. The lowest BCUT2D eigenvalue weighted by molar-refractivity contribution is -0.141. The average Bonchev–Trinajstić information content (AvgIpc) is 2.41. The maximum absolute atomic E-state index is 12.2. The minimum absolute atomic E-state index is 0.0316. The van der Waals surface area contributed by atoms with Crippen LogP contribution >= 0.6 is 0 Å². The van der Waals surface area contributed by atoms with Gasteiger partial charge in [0.05, 0.1) is 5.60 Å². The van der Waals surface area contributed by atoms with Crippen LogP contribution in [0.3, 0.4) is 0 Å². The third kappa shape index (κ3) is 6.17. The third-order valence-electron chi connectivity index (χ3n) is 3.19. The molecule has 0 heterocycles. The molecule has 4 nitrogen and oxygen atoms in total. The number of carbonyl (C=O) groups excluding carboxylic acids is 1.